The molecule has 1 saturated heterocycles. The smallest absolute Gasteiger partial charge is 0.326 e. The molecule has 1 aliphatic heterocycles. The van der Waals surface area contributed by atoms with Gasteiger partial charge in [-0.05, 0) is 30.2 Å². The number of aliphatic carboxylic acids is 2. The quantitative estimate of drug-likeness (QED) is 0.537. The first kappa shape index (κ1) is 19.7. The number of carbonyl (C=O) groups is 3. The van der Waals surface area contributed by atoms with E-state index >= 15 is 0 Å². The van der Waals surface area contributed by atoms with Crippen LogP contribution in [0.1, 0.15) is 18.4 Å². The van der Waals surface area contributed by atoms with Gasteiger partial charge < -0.3 is 10.2 Å². The summed E-state index contributed by atoms with van der Waals surface area (Å²) in [6, 6.07) is 3.40. The Kier molecular flexibility index (Phi) is 6.45. The second-order valence-corrected chi connectivity index (χ2v) is 7.52. The van der Waals surface area contributed by atoms with Crippen LogP contribution in [0.15, 0.2) is 23.1 Å². The molecule has 1 aliphatic rings. The molecule has 1 aromatic carbocycles. The zero-order valence-electron chi connectivity index (χ0n) is 12.4. The van der Waals surface area contributed by atoms with Crippen molar-refractivity contribution >= 4 is 75.4 Å². The number of halogens is 2. The van der Waals surface area contributed by atoms with Gasteiger partial charge in [-0.25, -0.2) is 4.79 Å². The highest BCUT2D eigenvalue weighted by Gasteiger charge is 2.40. The third-order valence-corrected chi connectivity index (χ3v) is 5.19. The van der Waals surface area contributed by atoms with Crippen molar-refractivity contribution < 1.29 is 24.6 Å². The number of rotatable bonds is 6. The van der Waals surface area contributed by atoms with Crippen LogP contribution >= 0.6 is 47.2 Å². The fraction of sp³-hybridized carbons (Fsp3) is 0.200. The molecule has 6 nitrogen and oxygen atoms in total. The predicted octanol–water partition coefficient (Wildman–Crippen LogP) is 3.51. The van der Waals surface area contributed by atoms with Gasteiger partial charge in [0.15, 0.2) is 0 Å². The minimum Gasteiger partial charge on any atom is -0.481 e. The highest BCUT2D eigenvalue weighted by atomic mass is 35.5. The van der Waals surface area contributed by atoms with Crippen LogP contribution in [0.4, 0.5) is 0 Å². The summed E-state index contributed by atoms with van der Waals surface area (Å²) in [6.07, 6.45) is 0.857. The summed E-state index contributed by atoms with van der Waals surface area (Å²) in [6.45, 7) is 0. The summed E-state index contributed by atoms with van der Waals surface area (Å²) < 4.78 is 0.0547. The lowest BCUT2D eigenvalue weighted by atomic mass is 10.1. The van der Waals surface area contributed by atoms with E-state index in [4.69, 9.17) is 40.5 Å². The largest absolute Gasteiger partial charge is 0.481 e. The Hall–Kier alpha value is -1.61. The molecule has 0 radical (unpaired) electrons. The van der Waals surface area contributed by atoms with Crippen molar-refractivity contribution in [3.05, 3.63) is 38.7 Å². The average molecular weight is 420 g/mol. The van der Waals surface area contributed by atoms with Gasteiger partial charge in [-0.15, -0.1) is 0 Å². The van der Waals surface area contributed by atoms with Crippen LogP contribution in [0.5, 0.6) is 0 Å². The maximum Gasteiger partial charge on any atom is 0.326 e. The Balaban J connectivity index is 2.30. The summed E-state index contributed by atoms with van der Waals surface area (Å²) in [4.78, 5) is 35.8. The topological polar surface area (TPSA) is 94.9 Å². The van der Waals surface area contributed by atoms with Crippen LogP contribution in [-0.2, 0) is 14.4 Å². The minimum atomic E-state index is -1.34. The van der Waals surface area contributed by atoms with E-state index in [1.54, 1.807) is 12.1 Å². The standard InChI is InChI=1S/C15H11Cl2NO5S2/c16-8-2-1-7(9(17)6-8)5-11-13(21)18(15(24)25-11)10(14(22)23)3-4-12(19)20/h1-2,5-6,10H,3-4H2,(H,19,20)(H,22,23)/b11-5+/t10-/m1/s1. The number of carboxylic acid groups (broad SMARTS) is 2. The van der Waals surface area contributed by atoms with E-state index in [9.17, 15) is 19.5 Å². The number of thioether (sulfide) groups is 1. The van der Waals surface area contributed by atoms with Crippen molar-refractivity contribution in [1.29, 1.82) is 0 Å². The van der Waals surface area contributed by atoms with Crippen molar-refractivity contribution in [1.82, 2.24) is 4.90 Å². The molecule has 1 atom stereocenters. The Bertz CT molecular complexity index is 796. The molecule has 1 fully saturated rings. The Morgan fingerprint density at radius 2 is 2.00 bits per heavy atom. The van der Waals surface area contributed by atoms with Gasteiger partial charge >= 0.3 is 11.9 Å². The maximum absolute atomic E-state index is 12.6. The summed E-state index contributed by atoms with van der Waals surface area (Å²) >= 11 is 17.9. The molecule has 0 aromatic heterocycles. The van der Waals surface area contributed by atoms with Crippen LogP contribution < -0.4 is 0 Å². The first-order valence-corrected chi connectivity index (χ1v) is 8.85. The van der Waals surface area contributed by atoms with Gasteiger partial charge in [0.25, 0.3) is 5.91 Å². The molecule has 25 heavy (non-hydrogen) atoms. The Labute approximate surface area is 162 Å². The van der Waals surface area contributed by atoms with Crippen molar-refractivity contribution in [2.45, 2.75) is 18.9 Å². The SMILES string of the molecule is O=C(O)CC[C@H](C(=O)O)N1C(=O)/C(=C\c2ccc(Cl)cc2Cl)SC1=S. The minimum absolute atomic E-state index is 0.0547. The van der Waals surface area contributed by atoms with E-state index in [-0.39, 0.29) is 15.6 Å². The second-order valence-electron chi connectivity index (χ2n) is 5.00. The van der Waals surface area contributed by atoms with E-state index in [1.165, 1.54) is 12.1 Å². The van der Waals surface area contributed by atoms with Crippen molar-refractivity contribution in [3.8, 4) is 0 Å². The third-order valence-electron chi connectivity index (χ3n) is 3.30. The lowest BCUT2D eigenvalue weighted by Crippen LogP contribution is -2.44. The molecular formula is C15H11Cl2NO5S2. The normalized spacial score (nSPS) is 17.2. The zero-order valence-corrected chi connectivity index (χ0v) is 15.6. The molecule has 0 aliphatic carbocycles. The lowest BCUT2D eigenvalue weighted by Gasteiger charge is -2.22. The number of nitrogens with zero attached hydrogens (tertiary/aromatic N) is 1. The number of amides is 1. The molecule has 1 aromatic rings. The zero-order chi connectivity index (χ0) is 18.7. The Morgan fingerprint density at radius 1 is 1.32 bits per heavy atom. The highest BCUT2D eigenvalue weighted by Crippen LogP contribution is 2.36. The van der Waals surface area contributed by atoms with Gasteiger partial charge in [0.05, 0.1) is 4.91 Å². The van der Waals surface area contributed by atoms with Crippen LogP contribution in [-0.4, -0.2) is 43.3 Å². The molecule has 10 heteroatoms. The van der Waals surface area contributed by atoms with Crippen LogP contribution in [0, 0.1) is 0 Å². The fourth-order valence-electron chi connectivity index (χ4n) is 2.13. The molecule has 1 amide bonds. The van der Waals surface area contributed by atoms with Crippen LogP contribution in [0.2, 0.25) is 10.0 Å². The number of carbonyl (C=O) groups excluding carboxylic acids is 1. The summed E-state index contributed by atoms with van der Waals surface area (Å²) in [5, 5.41) is 18.8. The number of hydrogen-bond donors (Lipinski definition) is 2. The van der Waals surface area contributed by atoms with Crippen molar-refractivity contribution in [3.63, 3.8) is 0 Å². The van der Waals surface area contributed by atoms with Gasteiger partial charge in [0, 0.05) is 16.5 Å². The van der Waals surface area contributed by atoms with Gasteiger partial charge in [0.2, 0.25) is 0 Å². The molecule has 2 rings (SSSR count). The molecule has 0 bridgehead atoms. The van der Waals surface area contributed by atoms with Gasteiger partial charge in [-0.1, -0.05) is 53.2 Å². The highest BCUT2D eigenvalue weighted by molar-refractivity contribution is 8.26. The monoisotopic (exact) mass is 419 g/mol. The Morgan fingerprint density at radius 3 is 2.56 bits per heavy atom. The van der Waals surface area contributed by atoms with Crippen LogP contribution in [0.25, 0.3) is 6.08 Å². The van der Waals surface area contributed by atoms with Gasteiger partial charge in [-0.3, -0.25) is 14.5 Å². The maximum atomic E-state index is 12.6. The average Bonchev–Trinajstić information content (AvgIpc) is 2.77. The molecular weight excluding hydrogens is 409 g/mol. The number of carboxylic acids is 2. The first-order chi connectivity index (χ1) is 11.7. The van der Waals surface area contributed by atoms with E-state index in [1.807, 2.05) is 0 Å². The molecule has 0 saturated carbocycles. The summed E-state index contributed by atoms with van der Waals surface area (Å²) in [5.41, 5.74) is 0.531. The predicted molar refractivity (Wildman–Crippen MR) is 99.8 cm³/mol. The molecule has 2 N–H and O–H groups in total. The number of benzene rings is 1. The van der Waals surface area contributed by atoms with E-state index in [0.717, 1.165) is 16.7 Å². The van der Waals surface area contributed by atoms with E-state index in [0.29, 0.717) is 15.6 Å². The van der Waals surface area contributed by atoms with Crippen molar-refractivity contribution in [2.75, 3.05) is 0 Å². The third kappa shape index (κ3) is 4.72. The van der Waals surface area contributed by atoms with E-state index < -0.39 is 30.3 Å². The molecule has 0 spiro atoms. The van der Waals surface area contributed by atoms with Gasteiger partial charge in [0.1, 0.15) is 10.4 Å². The van der Waals surface area contributed by atoms with Crippen LogP contribution in [0.3, 0.4) is 0 Å². The summed E-state index contributed by atoms with van der Waals surface area (Å²) in [7, 11) is 0. The molecule has 0 unspecified atom stereocenters. The van der Waals surface area contributed by atoms with Gasteiger partial charge in [-0.2, -0.15) is 0 Å². The van der Waals surface area contributed by atoms with Crippen molar-refractivity contribution in [2.24, 2.45) is 0 Å². The lowest BCUT2D eigenvalue weighted by molar-refractivity contribution is -0.146. The summed E-state index contributed by atoms with van der Waals surface area (Å²) in [5.74, 6) is -3.07. The molecule has 132 valence electrons. The number of thiocarbonyl (C=S) groups is 1. The first-order valence-electron chi connectivity index (χ1n) is 6.87. The second kappa shape index (κ2) is 8.18. The molecule has 1 heterocycles. The number of hydrogen-bond acceptors (Lipinski definition) is 5. The fourth-order valence-corrected chi connectivity index (χ4v) is 3.94. The van der Waals surface area contributed by atoms with E-state index in [2.05, 4.69) is 0 Å².